The van der Waals surface area contributed by atoms with Crippen molar-refractivity contribution in [3.63, 3.8) is 0 Å². The summed E-state index contributed by atoms with van der Waals surface area (Å²) in [6.45, 7) is 3.50. The van der Waals surface area contributed by atoms with E-state index in [0.29, 0.717) is 17.9 Å². The van der Waals surface area contributed by atoms with E-state index in [4.69, 9.17) is 11.6 Å². The average molecular weight is 271 g/mol. The molecule has 0 spiro atoms. The average Bonchev–Trinajstić information content (AvgIpc) is 2.30. The van der Waals surface area contributed by atoms with Crippen LogP contribution in [0.3, 0.4) is 0 Å². The molecular weight excluding hydrogens is 252 g/mol. The monoisotopic (exact) mass is 270 g/mol. The van der Waals surface area contributed by atoms with Crippen LogP contribution in [0.4, 0.5) is 0 Å². The van der Waals surface area contributed by atoms with E-state index in [2.05, 4.69) is 0 Å². The van der Waals surface area contributed by atoms with E-state index in [1.54, 1.807) is 13.0 Å². The van der Waals surface area contributed by atoms with Gasteiger partial charge in [0.2, 0.25) is 0 Å². The summed E-state index contributed by atoms with van der Waals surface area (Å²) in [6, 6.07) is 7.20. The second-order valence-electron chi connectivity index (χ2n) is 4.89. The predicted octanol–water partition coefficient (Wildman–Crippen LogP) is 3.13. The predicted molar refractivity (Wildman–Crippen MR) is 71.8 cm³/mol. The molecule has 3 nitrogen and oxygen atoms in total. The van der Waals surface area contributed by atoms with Gasteiger partial charge in [-0.15, -0.1) is 0 Å². The minimum atomic E-state index is -0.954. The lowest BCUT2D eigenvalue weighted by Gasteiger charge is -2.25. The number of carbonyl (C=O) groups is 1. The van der Waals surface area contributed by atoms with Gasteiger partial charge in [-0.25, -0.2) is 0 Å². The first-order chi connectivity index (χ1) is 8.35. The zero-order chi connectivity index (χ0) is 13.8. The molecule has 1 aromatic carbocycles. The lowest BCUT2D eigenvalue weighted by atomic mass is 9.86. The van der Waals surface area contributed by atoms with Crippen LogP contribution in [0.1, 0.15) is 32.3 Å². The number of benzene rings is 1. The molecule has 0 aliphatic rings. The number of aliphatic hydroxyl groups is 1. The number of rotatable bonds is 6. The highest BCUT2D eigenvalue weighted by atomic mass is 35.5. The standard InChI is InChI=1S/C14H19ClO3/c1-3-14(2,18)9-11(13(16)17)8-10-6-4-5-7-12(10)15/h4-7,11,18H,3,8-9H2,1-2H3,(H,16,17). The van der Waals surface area contributed by atoms with Crippen molar-refractivity contribution in [2.75, 3.05) is 0 Å². The Morgan fingerprint density at radius 2 is 2.06 bits per heavy atom. The molecule has 0 aliphatic carbocycles. The number of halogens is 1. The number of hydrogen-bond acceptors (Lipinski definition) is 2. The van der Waals surface area contributed by atoms with Gasteiger partial charge >= 0.3 is 5.97 Å². The summed E-state index contributed by atoms with van der Waals surface area (Å²) in [6.07, 6.45) is 1.09. The highest BCUT2D eigenvalue weighted by Crippen LogP contribution is 2.26. The van der Waals surface area contributed by atoms with Gasteiger partial charge in [-0.1, -0.05) is 36.7 Å². The first kappa shape index (κ1) is 15.0. The number of aliphatic carboxylic acids is 1. The maximum Gasteiger partial charge on any atom is 0.306 e. The molecule has 2 unspecified atom stereocenters. The Kier molecular flexibility index (Phi) is 5.17. The fourth-order valence-electron chi connectivity index (χ4n) is 1.85. The van der Waals surface area contributed by atoms with Crippen LogP contribution in [-0.4, -0.2) is 21.8 Å². The normalized spacial score (nSPS) is 16.0. The Hall–Kier alpha value is -1.06. The minimum absolute atomic E-state index is 0.226. The van der Waals surface area contributed by atoms with Crippen molar-refractivity contribution in [1.29, 1.82) is 0 Å². The van der Waals surface area contributed by atoms with Crippen LogP contribution < -0.4 is 0 Å². The number of carboxylic acids is 1. The first-order valence-electron chi connectivity index (χ1n) is 6.04. The molecule has 0 fully saturated rings. The van der Waals surface area contributed by atoms with Crippen molar-refractivity contribution < 1.29 is 15.0 Å². The van der Waals surface area contributed by atoms with E-state index < -0.39 is 17.5 Å². The van der Waals surface area contributed by atoms with Crippen LogP contribution in [0.25, 0.3) is 0 Å². The molecule has 0 aromatic heterocycles. The summed E-state index contributed by atoms with van der Waals surface area (Å²) in [5, 5.41) is 19.8. The van der Waals surface area contributed by atoms with E-state index in [1.165, 1.54) is 0 Å². The molecular formula is C14H19ClO3. The molecule has 0 heterocycles. The van der Waals surface area contributed by atoms with Crippen molar-refractivity contribution in [1.82, 2.24) is 0 Å². The second-order valence-corrected chi connectivity index (χ2v) is 5.29. The Labute approximate surface area is 112 Å². The molecule has 0 aliphatic heterocycles. The van der Waals surface area contributed by atoms with Crippen LogP contribution in [0.15, 0.2) is 24.3 Å². The van der Waals surface area contributed by atoms with Gasteiger partial charge in [0, 0.05) is 5.02 Å². The molecule has 1 aromatic rings. The van der Waals surface area contributed by atoms with Crippen LogP contribution in [0.2, 0.25) is 5.02 Å². The fourth-order valence-corrected chi connectivity index (χ4v) is 2.06. The maximum absolute atomic E-state index is 11.3. The molecule has 4 heteroatoms. The van der Waals surface area contributed by atoms with E-state index in [9.17, 15) is 15.0 Å². The van der Waals surface area contributed by atoms with Gasteiger partial charge in [-0.05, 0) is 37.8 Å². The number of hydrogen-bond donors (Lipinski definition) is 2. The van der Waals surface area contributed by atoms with Crippen LogP contribution in [0, 0.1) is 5.92 Å². The van der Waals surface area contributed by atoms with E-state index in [1.807, 2.05) is 25.1 Å². The molecule has 2 N–H and O–H groups in total. The Bertz CT molecular complexity index is 415. The molecule has 0 saturated carbocycles. The van der Waals surface area contributed by atoms with E-state index >= 15 is 0 Å². The number of carboxylic acid groups (broad SMARTS) is 1. The largest absolute Gasteiger partial charge is 0.481 e. The molecule has 2 atom stereocenters. The summed E-state index contributed by atoms with van der Waals surface area (Å²) < 4.78 is 0. The van der Waals surface area contributed by atoms with Gasteiger partial charge in [0.15, 0.2) is 0 Å². The summed E-state index contributed by atoms with van der Waals surface area (Å²) >= 11 is 6.02. The first-order valence-corrected chi connectivity index (χ1v) is 6.42. The Morgan fingerprint density at radius 1 is 1.44 bits per heavy atom. The quantitative estimate of drug-likeness (QED) is 0.835. The van der Waals surface area contributed by atoms with Crippen molar-refractivity contribution in [3.8, 4) is 0 Å². The maximum atomic E-state index is 11.3. The smallest absolute Gasteiger partial charge is 0.306 e. The molecule has 0 radical (unpaired) electrons. The summed E-state index contributed by atoms with van der Waals surface area (Å²) in [4.78, 5) is 11.3. The summed E-state index contributed by atoms with van der Waals surface area (Å²) in [7, 11) is 0. The van der Waals surface area contributed by atoms with Crippen molar-refractivity contribution in [2.45, 2.75) is 38.7 Å². The van der Waals surface area contributed by atoms with Gasteiger partial charge in [-0.3, -0.25) is 4.79 Å². The van der Waals surface area contributed by atoms with Crippen molar-refractivity contribution in [2.24, 2.45) is 5.92 Å². The van der Waals surface area contributed by atoms with Crippen LogP contribution in [0.5, 0.6) is 0 Å². The minimum Gasteiger partial charge on any atom is -0.481 e. The third-order valence-electron chi connectivity index (χ3n) is 3.22. The zero-order valence-electron chi connectivity index (χ0n) is 10.7. The SMILES string of the molecule is CCC(C)(O)CC(Cc1ccccc1Cl)C(=O)O. The van der Waals surface area contributed by atoms with Gasteiger partial charge < -0.3 is 10.2 Å². The highest BCUT2D eigenvalue weighted by molar-refractivity contribution is 6.31. The fraction of sp³-hybridized carbons (Fsp3) is 0.500. The van der Waals surface area contributed by atoms with Gasteiger partial charge in [0.25, 0.3) is 0 Å². The lowest BCUT2D eigenvalue weighted by molar-refractivity contribution is -0.144. The van der Waals surface area contributed by atoms with Gasteiger partial charge in [0.1, 0.15) is 0 Å². The van der Waals surface area contributed by atoms with Gasteiger partial charge in [0.05, 0.1) is 11.5 Å². The topological polar surface area (TPSA) is 57.5 Å². The van der Waals surface area contributed by atoms with Crippen LogP contribution in [-0.2, 0) is 11.2 Å². The second kappa shape index (κ2) is 6.21. The Balaban J connectivity index is 2.82. The third kappa shape index (κ3) is 4.31. The third-order valence-corrected chi connectivity index (χ3v) is 3.59. The van der Waals surface area contributed by atoms with Crippen molar-refractivity contribution >= 4 is 17.6 Å². The summed E-state index contributed by atoms with van der Waals surface area (Å²) in [5.41, 5.74) is -0.150. The molecule has 18 heavy (non-hydrogen) atoms. The highest BCUT2D eigenvalue weighted by Gasteiger charge is 2.28. The molecule has 100 valence electrons. The van der Waals surface area contributed by atoms with Crippen molar-refractivity contribution in [3.05, 3.63) is 34.9 Å². The lowest BCUT2D eigenvalue weighted by Crippen LogP contribution is -2.31. The molecule has 1 rings (SSSR count). The molecule has 0 saturated heterocycles. The molecule has 0 amide bonds. The molecule has 0 bridgehead atoms. The summed E-state index contributed by atoms with van der Waals surface area (Å²) in [5.74, 6) is -1.52. The zero-order valence-corrected chi connectivity index (χ0v) is 11.4. The van der Waals surface area contributed by atoms with E-state index in [0.717, 1.165) is 5.56 Å². The Morgan fingerprint density at radius 3 is 2.56 bits per heavy atom. The van der Waals surface area contributed by atoms with Crippen LogP contribution >= 0.6 is 11.6 Å². The van der Waals surface area contributed by atoms with E-state index in [-0.39, 0.29) is 6.42 Å². The van der Waals surface area contributed by atoms with Gasteiger partial charge in [-0.2, -0.15) is 0 Å².